The van der Waals surface area contributed by atoms with Gasteiger partial charge in [0.05, 0.1) is 19.9 Å². The van der Waals surface area contributed by atoms with Gasteiger partial charge in [-0.1, -0.05) is 12.1 Å². The summed E-state index contributed by atoms with van der Waals surface area (Å²) in [4.78, 5) is 24.7. The van der Waals surface area contributed by atoms with Gasteiger partial charge in [0, 0.05) is 22.9 Å². The highest BCUT2D eigenvalue weighted by Crippen LogP contribution is 2.18. The maximum atomic E-state index is 12.4. The smallest absolute Gasteiger partial charge is 0.255 e. The van der Waals surface area contributed by atoms with Crippen LogP contribution in [0.4, 0.5) is 5.69 Å². The number of amides is 2. The lowest BCUT2D eigenvalue weighted by Gasteiger charge is -2.08. The van der Waals surface area contributed by atoms with Crippen molar-refractivity contribution >= 4 is 17.5 Å². The Morgan fingerprint density at radius 2 is 1.73 bits per heavy atom. The van der Waals surface area contributed by atoms with Crippen LogP contribution < -0.4 is 15.4 Å². The van der Waals surface area contributed by atoms with Crippen LogP contribution >= 0.6 is 0 Å². The van der Waals surface area contributed by atoms with Crippen LogP contribution in [0, 0.1) is 0 Å². The van der Waals surface area contributed by atoms with E-state index in [1.54, 1.807) is 74.0 Å². The number of hydrogen-bond donors (Lipinski definition) is 2. The molecule has 1 heterocycles. The van der Waals surface area contributed by atoms with Gasteiger partial charge in [-0.3, -0.25) is 9.59 Å². The minimum Gasteiger partial charge on any atom is -0.497 e. The van der Waals surface area contributed by atoms with Gasteiger partial charge in [-0.25, -0.2) is 0 Å². The summed E-state index contributed by atoms with van der Waals surface area (Å²) in [6.45, 7) is 0.284. The molecule has 1 aromatic heterocycles. The molecule has 0 unspecified atom stereocenters. The molecule has 0 spiro atoms. The lowest BCUT2D eigenvalue weighted by Crippen LogP contribution is -2.23. The van der Waals surface area contributed by atoms with Gasteiger partial charge < -0.3 is 19.8 Å². The van der Waals surface area contributed by atoms with Gasteiger partial charge in [-0.2, -0.15) is 0 Å². The van der Waals surface area contributed by atoms with Crippen LogP contribution in [0.5, 0.6) is 5.75 Å². The molecule has 0 fully saturated rings. The van der Waals surface area contributed by atoms with E-state index in [1.807, 2.05) is 0 Å². The van der Waals surface area contributed by atoms with Crippen molar-refractivity contribution in [3.8, 4) is 5.75 Å². The molecule has 0 bridgehead atoms. The molecule has 0 saturated carbocycles. The van der Waals surface area contributed by atoms with Crippen molar-refractivity contribution < 1.29 is 18.7 Å². The van der Waals surface area contributed by atoms with E-state index in [-0.39, 0.29) is 18.4 Å². The van der Waals surface area contributed by atoms with Gasteiger partial charge in [-0.15, -0.1) is 0 Å². The van der Waals surface area contributed by atoms with Crippen LogP contribution in [0.1, 0.15) is 26.5 Å². The average Bonchev–Trinajstić information content (AvgIpc) is 3.20. The number of anilines is 1. The molecule has 6 heteroatoms. The molecule has 0 aliphatic heterocycles. The first kappa shape index (κ1) is 17.3. The summed E-state index contributed by atoms with van der Waals surface area (Å²) in [5, 5.41) is 5.54. The molecule has 26 heavy (non-hydrogen) atoms. The highest BCUT2D eigenvalue weighted by Gasteiger charge is 2.11. The Balaban J connectivity index is 1.67. The third-order valence-corrected chi connectivity index (χ3v) is 3.72. The number of nitrogens with one attached hydrogen (secondary N) is 2. The molecule has 0 aliphatic carbocycles. The van der Waals surface area contributed by atoms with Crippen LogP contribution in [-0.4, -0.2) is 18.9 Å². The predicted octanol–water partition coefficient (Wildman–Crippen LogP) is 3.47. The summed E-state index contributed by atoms with van der Waals surface area (Å²) < 4.78 is 10.3. The van der Waals surface area contributed by atoms with Crippen LogP contribution in [0.15, 0.2) is 71.3 Å². The molecule has 132 valence electrons. The van der Waals surface area contributed by atoms with Gasteiger partial charge in [0.25, 0.3) is 11.8 Å². The number of ether oxygens (including phenoxy) is 1. The molecule has 0 aliphatic rings. The Bertz CT molecular complexity index is 904. The van der Waals surface area contributed by atoms with E-state index in [4.69, 9.17) is 9.15 Å². The number of rotatable bonds is 6. The number of carbonyl (C=O) groups excluding carboxylic acids is 2. The molecule has 2 amide bonds. The SMILES string of the molecule is COc1cccc(NC(=O)c2cccc(C(=O)NCc3ccco3)c2)c1. The molecular formula is C20H18N2O4. The molecule has 0 radical (unpaired) electrons. The predicted molar refractivity (Wildman–Crippen MR) is 97.3 cm³/mol. The van der Waals surface area contributed by atoms with Gasteiger partial charge in [-0.05, 0) is 42.5 Å². The molecule has 3 rings (SSSR count). The first-order chi connectivity index (χ1) is 12.7. The van der Waals surface area contributed by atoms with Gasteiger partial charge in [0.15, 0.2) is 0 Å². The van der Waals surface area contributed by atoms with Crippen molar-refractivity contribution in [2.45, 2.75) is 6.54 Å². The molecule has 2 N–H and O–H groups in total. The topological polar surface area (TPSA) is 80.6 Å². The molecule has 0 atom stereocenters. The van der Waals surface area contributed by atoms with Gasteiger partial charge in [0.2, 0.25) is 0 Å². The van der Waals surface area contributed by atoms with Crippen LogP contribution in [-0.2, 0) is 6.54 Å². The highest BCUT2D eigenvalue weighted by atomic mass is 16.5. The Hall–Kier alpha value is -3.54. The minimum absolute atomic E-state index is 0.280. The fraction of sp³-hybridized carbons (Fsp3) is 0.100. The van der Waals surface area contributed by atoms with Crippen LogP contribution in [0.25, 0.3) is 0 Å². The lowest BCUT2D eigenvalue weighted by atomic mass is 10.1. The quantitative estimate of drug-likeness (QED) is 0.713. The Kier molecular flexibility index (Phi) is 5.34. The summed E-state index contributed by atoms with van der Waals surface area (Å²) in [5.74, 6) is 0.718. The van der Waals surface area contributed by atoms with Crippen molar-refractivity contribution in [2.24, 2.45) is 0 Å². The van der Waals surface area contributed by atoms with E-state index in [9.17, 15) is 9.59 Å². The van der Waals surface area contributed by atoms with Crippen molar-refractivity contribution in [1.29, 1.82) is 0 Å². The zero-order valence-electron chi connectivity index (χ0n) is 14.2. The second-order valence-corrected chi connectivity index (χ2v) is 5.53. The zero-order valence-corrected chi connectivity index (χ0v) is 14.2. The van der Waals surface area contributed by atoms with Crippen LogP contribution in [0.3, 0.4) is 0 Å². The van der Waals surface area contributed by atoms with Gasteiger partial charge >= 0.3 is 0 Å². The maximum absolute atomic E-state index is 12.4. The Morgan fingerprint density at radius 1 is 0.962 bits per heavy atom. The lowest BCUT2D eigenvalue weighted by molar-refractivity contribution is 0.0948. The van der Waals surface area contributed by atoms with Crippen molar-refractivity contribution in [2.75, 3.05) is 12.4 Å². The fourth-order valence-electron chi connectivity index (χ4n) is 2.39. The monoisotopic (exact) mass is 350 g/mol. The van der Waals surface area contributed by atoms with Crippen molar-refractivity contribution in [3.63, 3.8) is 0 Å². The first-order valence-electron chi connectivity index (χ1n) is 8.02. The summed E-state index contributed by atoms with van der Waals surface area (Å²) in [5.41, 5.74) is 1.40. The molecular weight excluding hydrogens is 332 g/mol. The average molecular weight is 350 g/mol. The standard InChI is InChI=1S/C20H18N2O4/c1-25-17-8-3-7-16(12-17)22-20(24)15-6-2-5-14(11-15)19(23)21-13-18-9-4-10-26-18/h2-12H,13H2,1H3,(H,21,23)(H,22,24). The summed E-state index contributed by atoms with van der Waals surface area (Å²) in [7, 11) is 1.56. The third kappa shape index (κ3) is 4.30. The van der Waals surface area contributed by atoms with Gasteiger partial charge in [0.1, 0.15) is 11.5 Å². The number of benzene rings is 2. The number of methoxy groups -OCH3 is 1. The van der Waals surface area contributed by atoms with E-state index >= 15 is 0 Å². The highest BCUT2D eigenvalue weighted by molar-refractivity contribution is 6.06. The summed E-state index contributed by atoms with van der Waals surface area (Å²) >= 11 is 0. The molecule has 3 aromatic rings. The summed E-state index contributed by atoms with van der Waals surface area (Å²) in [6.07, 6.45) is 1.55. The number of hydrogen-bond acceptors (Lipinski definition) is 4. The van der Waals surface area contributed by atoms with E-state index in [0.717, 1.165) is 0 Å². The van der Waals surface area contributed by atoms with Crippen LogP contribution in [0.2, 0.25) is 0 Å². The first-order valence-corrected chi connectivity index (χ1v) is 8.02. The van der Waals surface area contributed by atoms with Crippen molar-refractivity contribution in [1.82, 2.24) is 5.32 Å². The Labute approximate surface area is 150 Å². The van der Waals surface area contributed by atoms with E-state index in [2.05, 4.69) is 10.6 Å². The number of carbonyl (C=O) groups is 2. The Morgan fingerprint density at radius 3 is 2.46 bits per heavy atom. The largest absolute Gasteiger partial charge is 0.497 e. The number of furan rings is 1. The minimum atomic E-state index is -0.307. The van der Waals surface area contributed by atoms with Crippen molar-refractivity contribution in [3.05, 3.63) is 83.8 Å². The maximum Gasteiger partial charge on any atom is 0.255 e. The molecule has 2 aromatic carbocycles. The van der Waals surface area contributed by atoms with E-state index in [0.29, 0.717) is 28.3 Å². The van der Waals surface area contributed by atoms with E-state index in [1.165, 1.54) is 0 Å². The molecule has 0 saturated heterocycles. The summed E-state index contributed by atoms with van der Waals surface area (Å²) in [6, 6.07) is 17.1. The van der Waals surface area contributed by atoms with E-state index < -0.39 is 0 Å². The third-order valence-electron chi connectivity index (χ3n) is 3.72. The second kappa shape index (κ2) is 8.02. The normalized spacial score (nSPS) is 10.2. The molecule has 6 nitrogen and oxygen atoms in total. The zero-order chi connectivity index (χ0) is 18.4. The fourth-order valence-corrected chi connectivity index (χ4v) is 2.39. The second-order valence-electron chi connectivity index (χ2n) is 5.53.